The Kier molecular flexibility index (Phi) is 5.50. The largest absolute Gasteiger partial charge is 0.375 e. The third kappa shape index (κ3) is 4.77. The predicted octanol–water partition coefficient (Wildman–Crippen LogP) is 2.82. The van der Waals surface area contributed by atoms with Crippen LogP contribution in [0.3, 0.4) is 0 Å². The minimum absolute atomic E-state index is 0.532. The molecule has 0 aromatic heterocycles. The fourth-order valence-corrected chi connectivity index (χ4v) is 1.56. The molecule has 90 valence electrons. The van der Waals surface area contributed by atoms with Gasteiger partial charge in [-0.1, -0.05) is 37.6 Å². The van der Waals surface area contributed by atoms with Crippen molar-refractivity contribution in [2.75, 3.05) is 13.2 Å². The van der Waals surface area contributed by atoms with Gasteiger partial charge in [0.25, 0.3) is 0 Å². The van der Waals surface area contributed by atoms with Crippen LogP contribution in [-0.4, -0.2) is 19.2 Å². The van der Waals surface area contributed by atoms with E-state index in [1.807, 2.05) is 0 Å². The lowest BCUT2D eigenvalue weighted by Crippen LogP contribution is -2.26. The predicted molar refractivity (Wildman–Crippen MR) is 68.7 cm³/mol. The number of ether oxygens (including phenoxy) is 1. The van der Waals surface area contributed by atoms with Crippen molar-refractivity contribution in [2.24, 2.45) is 0 Å². The molecule has 0 fully saturated rings. The van der Waals surface area contributed by atoms with Gasteiger partial charge in [-0.25, -0.2) is 0 Å². The summed E-state index contributed by atoms with van der Waals surface area (Å²) in [6.45, 7) is 10.9. The average Bonchev–Trinajstić information content (AvgIpc) is 2.22. The summed E-state index contributed by atoms with van der Waals surface area (Å²) in [4.78, 5) is 0. The molecule has 0 spiro atoms. The summed E-state index contributed by atoms with van der Waals surface area (Å²) in [7, 11) is 0. The molecular formula is C14H23NO. The Morgan fingerprint density at radius 3 is 2.69 bits per heavy atom. The normalized spacial score (nSPS) is 11.1. The molecule has 0 amide bonds. The second kappa shape index (κ2) is 6.66. The molecule has 0 saturated heterocycles. The molecular weight excluding hydrogens is 198 g/mol. The summed E-state index contributed by atoms with van der Waals surface area (Å²) >= 11 is 0. The van der Waals surface area contributed by atoms with Gasteiger partial charge in [0, 0.05) is 12.6 Å². The number of hydrogen-bond acceptors (Lipinski definition) is 2. The maximum Gasteiger partial charge on any atom is 0.0720 e. The van der Waals surface area contributed by atoms with Gasteiger partial charge in [0.2, 0.25) is 0 Å². The number of hydrogen-bond donors (Lipinski definition) is 1. The lowest BCUT2D eigenvalue weighted by Gasteiger charge is -2.10. The minimum Gasteiger partial charge on any atom is -0.375 e. The maximum absolute atomic E-state index is 5.64. The van der Waals surface area contributed by atoms with Crippen molar-refractivity contribution >= 4 is 0 Å². The smallest absolute Gasteiger partial charge is 0.0720 e. The second-order valence-electron chi connectivity index (χ2n) is 4.59. The van der Waals surface area contributed by atoms with Crippen LogP contribution >= 0.6 is 0 Å². The maximum atomic E-state index is 5.64. The summed E-state index contributed by atoms with van der Waals surface area (Å²) in [5.74, 6) is 0. The highest BCUT2D eigenvalue weighted by molar-refractivity contribution is 5.29. The van der Waals surface area contributed by atoms with E-state index in [2.05, 4.69) is 51.2 Å². The van der Waals surface area contributed by atoms with E-state index in [1.54, 1.807) is 0 Å². The van der Waals surface area contributed by atoms with E-state index in [4.69, 9.17) is 4.74 Å². The molecule has 0 heterocycles. The zero-order valence-electron chi connectivity index (χ0n) is 10.8. The van der Waals surface area contributed by atoms with Crippen LogP contribution in [0.25, 0.3) is 0 Å². The molecule has 0 aliphatic rings. The Morgan fingerprint density at radius 1 is 1.25 bits per heavy atom. The lowest BCUT2D eigenvalue weighted by molar-refractivity contribution is 0.121. The molecule has 1 aromatic carbocycles. The Hall–Kier alpha value is -0.860. The first kappa shape index (κ1) is 13.2. The molecule has 16 heavy (non-hydrogen) atoms. The van der Waals surface area contributed by atoms with Crippen molar-refractivity contribution in [3.05, 3.63) is 34.9 Å². The lowest BCUT2D eigenvalue weighted by atomic mass is 10.1. The molecule has 0 unspecified atom stereocenters. The van der Waals surface area contributed by atoms with E-state index < -0.39 is 0 Å². The quantitative estimate of drug-likeness (QED) is 0.746. The highest BCUT2D eigenvalue weighted by Gasteiger charge is 1.99. The van der Waals surface area contributed by atoms with Crippen LogP contribution in [0.5, 0.6) is 0 Å². The Labute approximate surface area is 99.0 Å². The van der Waals surface area contributed by atoms with Gasteiger partial charge >= 0.3 is 0 Å². The van der Waals surface area contributed by atoms with E-state index in [1.165, 1.54) is 16.7 Å². The SMILES string of the molecule is Cc1ccc(C)c(COCCNC(C)C)c1. The first-order valence-corrected chi connectivity index (χ1v) is 5.97. The van der Waals surface area contributed by atoms with E-state index >= 15 is 0 Å². The van der Waals surface area contributed by atoms with Gasteiger partial charge in [-0.05, 0) is 25.0 Å². The van der Waals surface area contributed by atoms with Gasteiger partial charge < -0.3 is 10.1 Å². The molecule has 0 atom stereocenters. The van der Waals surface area contributed by atoms with Gasteiger partial charge in [-0.3, -0.25) is 0 Å². The summed E-state index contributed by atoms with van der Waals surface area (Å²) in [5.41, 5.74) is 3.90. The average molecular weight is 221 g/mol. The molecule has 0 radical (unpaired) electrons. The molecule has 1 aromatic rings. The van der Waals surface area contributed by atoms with Gasteiger partial charge in [-0.15, -0.1) is 0 Å². The first-order chi connectivity index (χ1) is 7.59. The Bertz CT molecular complexity index is 321. The van der Waals surface area contributed by atoms with Crippen molar-refractivity contribution in [2.45, 2.75) is 40.3 Å². The van der Waals surface area contributed by atoms with Crippen LogP contribution in [0.1, 0.15) is 30.5 Å². The second-order valence-corrected chi connectivity index (χ2v) is 4.59. The number of aryl methyl sites for hydroxylation is 2. The van der Waals surface area contributed by atoms with E-state index in [0.717, 1.165) is 13.2 Å². The molecule has 2 heteroatoms. The van der Waals surface area contributed by atoms with Crippen LogP contribution in [0.2, 0.25) is 0 Å². The van der Waals surface area contributed by atoms with Gasteiger partial charge in [-0.2, -0.15) is 0 Å². The van der Waals surface area contributed by atoms with E-state index in [-0.39, 0.29) is 0 Å². The highest BCUT2D eigenvalue weighted by Crippen LogP contribution is 2.11. The highest BCUT2D eigenvalue weighted by atomic mass is 16.5. The molecule has 0 bridgehead atoms. The van der Waals surface area contributed by atoms with Crippen molar-refractivity contribution < 1.29 is 4.74 Å². The van der Waals surface area contributed by atoms with Crippen molar-refractivity contribution in [3.8, 4) is 0 Å². The Morgan fingerprint density at radius 2 is 2.00 bits per heavy atom. The number of benzene rings is 1. The van der Waals surface area contributed by atoms with Crippen molar-refractivity contribution in [3.63, 3.8) is 0 Å². The summed E-state index contributed by atoms with van der Waals surface area (Å²) < 4.78 is 5.64. The van der Waals surface area contributed by atoms with E-state index in [9.17, 15) is 0 Å². The molecule has 2 nitrogen and oxygen atoms in total. The van der Waals surface area contributed by atoms with Crippen molar-refractivity contribution in [1.29, 1.82) is 0 Å². The monoisotopic (exact) mass is 221 g/mol. The van der Waals surface area contributed by atoms with Crippen LogP contribution in [0.15, 0.2) is 18.2 Å². The van der Waals surface area contributed by atoms with Gasteiger partial charge in [0.15, 0.2) is 0 Å². The molecule has 0 aliphatic heterocycles. The standard InChI is InChI=1S/C14H23NO/c1-11(2)15-7-8-16-10-14-9-12(3)5-6-13(14)4/h5-6,9,11,15H,7-8,10H2,1-4H3. The summed E-state index contributed by atoms with van der Waals surface area (Å²) in [6, 6.07) is 7.02. The minimum atomic E-state index is 0.532. The van der Waals surface area contributed by atoms with E-state index in [0.29, 0.717) is 12.6 Å². The summed E-state index contributed by atoms with van der Waals surface area (Å²) in [5, 5.41) is 3.33. The summed E-state index contributed by atoms with van der Waals surface area (Å²) in [6.07, 6.45) is 0. The fourth-order valence-electron chi connectivity index (χ4n) is 1.56. The van der Waals surface area contributed by atoms with Crippen LogP contribution in [0, 0.1) is 13.8 Å². The first-order valence-electron chi connectivity index (χ1n) is 5.97. The third-order valence-electron chi connectivity index (χ3n) is 2.56. The number of nitrogens with one attached hydrogen (secondary N) is 1. The van der Waals surface area contributed by atoms with Gasteiger partial charge in [0.1, 0.15) is 0 Å². The van der Waals surface area contributed by atoms with Crippen molar-refractivity contribution in [1.82, 2.24) is 5.32 Å². The van der Waals surface area contributed by atoms with Crippen LogP contribution in [-0.2, 0) is 11.3 Å². The van der Waals surface area contributed by atoms with Gasteiger partial charge in [0.05, 0.1) is 13.2 Å². The third-order valence-corrected chi connectivity index (χ3v) is 2.56. The molecule has 0 aliphatic carbocycles. The molecule has 1 rings (SSSR count). The zero-order chi connectivity index (χ0) is 12.0. The zero-order valence-corrected chi connectivity index (χ0v) is 10.8. The fraction of sp³-hybridized carbons (Fsp3) is 0.571. The molecule has 0 saturated carbocycles. The Balaban J connectivity index is 2.29. The number of rotatable bonds is 6. The van der Waals surface area contributed by atoms with Crippen LogP contribution in [0.4, 0.5) is 0 Å². The topological polar surface area (TPSA) is 21.3 Å². The molecule has 1 N–H and O–H groups in total. The van der Waals surface area contributed by atoms with Crippen LogP contribution < -0.4 is 5.32 Å².